The first-order valence-corrected chi connectivity index (χ1v) is 8.95. The largest absolute Gasteiger partial charge is 0.493 e. The molecule has 1 aliphatic heterocycles. The van der Waals surface area contributed by atoms with Gasteiger partial charge in [0.15, 0.2) is 11.5 Å². The first kappa shape index (κ1) is 20.3. The van der Waals surface area contributed by atoms with Crippen LogP contribution in [0.5, 0.6) is 17.2 Å². The average molecular weight is 366 g/mol. The summed E-state index contributed by atoms with van der Waals surface area (Å²) in [6.45, 7) is 7.57. The highest BCUT2D eigenvalue weighted by Crippen LogP contribution is 2.39. The monoisotopic (exact) mass is 366 g/mol. The molecule has 2 rings (SSSR count). The molecule has 1 N–H and O–H groups in total. The van der Waals surface area contributed by atoms with E-state index in [0.29, 0.717) is 29.4 Å². The van der Waals surface area contributed by atoms with E-state index in [1.165, 1.54) is 14.2 Å². The average Bonchev–Trinajstić information content (AvgIpc) is 2.62. The quantitative estimate of drug-likeness (QED) is 0.709. The van der Waals surface area contributed by atoms with Crippen molar-refractivity contribution in [3.63, 3.8) is 0 Å². The van der Waals surface area contributed by atoms with Gasteiger partial charge in [-0.3, -0.25) is 9.69 Å². The predicted octanol–water partition coefficient (Wildman–Crippen LogP) is 1.94. The zero-order chi connectivity index (χ0) is 19.1. The summed E-state index contributed by atoms with van der Waals surface area (Å²) < 4.78 is 21.7. The number of nitrogens with one attached hydrogen (secondary N) is 1. The molecule has 0 bridgehead atoms. The van der Waals surface area contributed by atoms with E-state index in [9.17, 15) is 4.79 Å². The molecular weight excluding hydrogens is 336 g/mol. The lowest BCUT2D eigenvalue weighted by Gasteiger charge is -2.35. The third-order valence-electron chi connectivity index (χ3n) is 4.38. The molecule has 26 heavy (non-hydrogen) atoms. The van der Waals surface area contributed by atoms with E-state index in [1.807, 2.05) is 0 Å². The van der Waals surface area contributed by atoms with Crippen LogP contribution in [0, 0.1) is 0 Å². The van der Waals surface area contributed by atoms with Gasteiger partial charge in [-0.25, -0.2) is 0 Å². The Bertz CT molecular complexity index is 598. The van der Waals surface area contributed by atoms with Crippen molar-refractivity contribution in [2.45, 2.75) is 32.5 Å². The first-order valence-electron chi connectivity index (χ1n) is 8.95. The smallest absolute Gasteiger partial charge is 0.255 e. The molecule has 0 saturated carbocycles. The maximum absolute atomic E-state index is 12.5. The van der Waals surface area contributed by atoms with E-state index in [-0.39, 0.29) is 18.1 Å². The lowest BCUT2D eigenvalue weighted by atomic mass is 10.1. The normalized spacial score (nSPS) is 20.5. The van der Waals surface area contributed by atoms with Crippen molar-refractivity contribution >= 4 is 5.91 Å². The second-order valence-electron chi connectivity index (χ2n) is 6.51. The number of morpholine rings is 1. The zero-order valence-electron chi connectivity index (χ0n) is 16.3. The van der Waals surface area contributed by atoms with E-state index in [4.69, 9.17) is 18.9 Å². The van der Waals surface area contributed by atoms with Crippen molar-refractivity contribution in [2.75, 3.05) is 47.5 Å². The van der Waals surface area contributed by atoms with Gasteiger partial charge in [0.1, 0.15) is 0 Å². The first-order chi connectivity index (χ1) is 12.5. The Morgan fingerprint density at radius 2 is 1.77 bits per heavy atom. The molecule has 0 spiro atoms. The van der Waals surface area contributed by atoms with Gasteiger partial charge in [0.25, 0.3) is 5.91 Å². The number of benzene rings is 1. The number of amides is 1. The fraction of sp³-hybridized carbons (Fsp3) is 0.632. The van der Waals surface area contributed by atoms with Gasteiger partial charge in [-0.15, -0.1) is 0 Å². The minimum Gasteiger partial charge on any atom is -0.493 e. The number of carbonyl (C=O) groups excluding carboxylic acids is 1. The van der Waals surface area contributed by atoms with Gasteiger partial charge in [0.05, 0.1) is 39.1 Å². The van der Waals surface area contributed by atoms with E-state index in [2.05, 4.69) is 24.1 Å². The SMILES string of the molecule is COc1ccc(C(=O)NCCCN2CC(C)OC(C)C2)c(OC)c1OC. The van der Waals surface area contributed by atoms with Crippen molar-refractivity contribution in [1.82, 2.24) is 10.2 Å². The Kier molecular flexibility index (Phi) is 7.53. The van der Waals surface area contributed by atoms with Crippen LogP contribution in [0.4, 0.5) is 0 Å². The molecular formula is C19H30N2O5. The number of hydrogen-bond acceptors (Lipinski definition) is 6. The number of methoxy groups -OCH3 is 3. The molecule has 1 aromatic rings. The lowest BCUT2D eigenvalue weighted by Crippen LogP contribution is -2.46. The molecule has 1 aliphatic rings. The van der Waals surface area contributed by atoms with Crippen molar-refractivity contribution < 1.29 is 23.7 Å². The summed E-state index contributed by atoms with van der Waals surface area (Å²) in [4.78, 5) is 14.9. The predicted molar refractivity (Wildman–Crippen MR) is 99.5 cm³/mol. The summed E-state index contributed by atoms with van der Waals surface area (Å²) in [5, 5.41) is 2.95. The van der Waals surface area contributed by atoms with Crippen LogP contribution >= 0.6 is 0 Å². The number of ether oxygens (including phenoxy) is 4. The highest BCUT2D eigenvalue weighted by atomic mass is 16.5. The Morgan fingerprint density at radius 3 is 2.35 bits per heavy atom. The third-order valence-corrected chi connectivity index (χ3v) is 4.38. The minimum absolute atomic E-state index is 0.188. The van der Waals surface area contributed by atoms with Gasteiger partial charge in [0, 0.05) is 26.2 Å². The Balaban J connectivity index is 1.90. The van der Waals surface area contributed by atoms with E-state index >= 15 is 0 Å². The molecule has 1 fully saturated rings. The Labute approximate surface area is 155 Å². The van der Waals surface area contributed by atoms with Crippen LogP contribution in [0.1, 0.15) is 30.6 Å². The summed E-state index contributed by atoms with van der Waals surface area (Å²) in [7, 11) is 4.58. The van der Waals surface area contributed by atoms with Crippen molar-refractivity contribution in [3.8, 4) is 17.2 Å². The van der Waals surface area contributed by atoms with E-state index in [1.54, 1.807) is 19.2 Å². The molecule has 7 heteroatoms. The highest BCUT2D eigenvalue weighted by molar-refractivity contribution is 5.98. The minimum atomic E-state index is -0.188. The van der Waals surface area contributed by atoms with Crippen LogP contribution in [0.15, 0.2) is 12.1 Å². The molecule has 0 radical (unpaired) electrons. The molecule has 146 valence electrons. The number of hydrogen-bond donors (Lipinski definition) is 1. The standard InChI is InChI=1S/C19H30N2O5/c1-13-11-21(12-14(2)26-13)10-6-9-20-19(22)15-7-8-16(23-3)18(25-5)17(15)24-4/h7-8,13-14H,6,9-12H2,1-5H3,(H,20,22). The van der Waals surface area contributed by atoms with Gasteiger partial charge in [-0.05, 0) is 32.4 Å². The second kappa shape index (κ2) is 9.64. The maximum atomic E-state index is 12.5. The number of rotatable bonds is 8. The topological polar surface area (TPSA) is 69.3 Å². The van der Waals surface area contributed by atoms with Crippen LogP contribution in [0.3, 0.4) is 0 Å². The summed E-state index contributed by atoms with van der Waals surface area (Å²) in [5.41, 5.74) is 0.429. The number of carbonyl (C=O) groups is 1. The van der Waals surface area contributed by atoms with Crippen LogP contribution in [0.25, 0.3) is 0 Å². The summed E-state index contributed by atoms with van der Waals surface area (Å²) in [6.07, 6.45) is 1.38. The van der Waals surface area contributed by atoms with Gasteiger partial charge in [-0.2, -0.15) is 0 Å². The molecule has 2 atom stereocenters. The molecule has 2 unspecified atom stereocenters. The van der Waals surface area contributed by atoms with E-state index < -0.39 is 0 Å². The Morgan fingerprint density at radius 1 is 1.12 bits per heavy atom. The summed E-state index contributed by atoms with van der Waals surface area (Å²) in [6, 6.07) is 3.38. The highest BCUT2D eigenvalue weighted by Gasteiger charge is 2.22. The molecule has 7 nitrogen and oxygen atoms in total. The van der Waals surface area contributed by atoms with Crippen LogP contribution in [-0.4, -0.2) is 70.5 Å². The molecule has 1 amide bonds. The van der Waals surface area contributed by atoms with Crippen molar-refractivity contribution in [2.24, 2.45) is 0 Å². The third kappa shape index (κ3) is 5.02. The van der Waals surface area contributed by atoms with Gasteiger partial charge in [-0.1, -0.05) is 0 Å². The maximum Gasteiger partial charge on any atom is 0.255 e. The van der Waals surface area contributed by atoms with Crippen LogP contribution < -0.4 is 19.5 Å². The molecule has 0 aliphatic carbocycles. The van der Waals surface area contributed by atoms with Crippen LogP contribution in [0.2, 0.25) is 0 Å². The lowest BCUT2D eigenvalue weighted by molar-refractivity contribution is -0.0680. The van der Waals surface area contributed by atoms with Gasteiger partial charge in [0.2, 0.25) is 5.75 Å². The van der Waals surface area contributed by atoms with E-state index in [0.717, 1.165) is 26.1 Å². The second-order valence-corrected chi connectivity index (χ2v) is 6.51. The Hall–Kier alpha value is -1.99. The number of nitrogens with zero attached hydrogens (tertiary/aromatic N) is 1. The molecule has 1 aromatic carbocycles. The van der Waals surface area contributed by atoms with Crippen LogP contribution in [-0.2, 0) is 4.74 Å². The summed E-state index contributed by atoms with van der Waals surface area (Å²) in [5.74, 6) is 1.13. The fourth-order valence-electron chi connectivity index (χ4n) is 3.35. The summed E-state index contributed by atoms with van der Waals surface area (Å²) >= 11 is 0. The van der Waals surface area contributed by atoms with Crippen molar-refractivity contribution in [3.05, 3.63) is 17.7 Å². The van der Waals surface area contributed by atoms with Gasteiger partial charge >= 0.3 is 0 Å². The van der Waals surface area contributed by atoms with Crippen molar-refractivity contribution in [1.29, 1.82) is 0 Å². The molecule has 0 aromatic heterocycles. The van der Waals surface area contributed by atoms with Gasteiger partial charge < -0.3 is 24.3 Å². The molecule has 1 saturated heterocycles. The fourth-order valence-corrected chi connectivity index (χ4v) is 3.35. The zero-order valence-corrected chi connectivity index (χ0v) is 16.3. The molecule has 1 heterocycles.